The molecule has 1 aromatic rings. The minimum Gasteiger partial charge on any atom is -0.460 e. The Balaban J connectivity index is 3.00. The Morgan fingerprint density at radius 2 is 2.20 bits per heavy atom. The van der Waals surface area contributed by atoms with E-state index in [1.807, 2.05) is 0 Å². The van der Waals surface area contributed by atoms with E-state index in [0.717, 1.165) is 0 Å². The number of aryl methyl sites for hydroxylation is 1. The van der Waals surface area contributed by atoms with Gasteiger partial charge in [-0.3, -0.25) is 4.79 Å². The van der Waals surface area contributed by atoms with Gasteiger partial charge in [-0.05, 0) is 25.5 Å². The fourth-order valence-electron chi connectivity index (χ4n) is 1.02. The first-order valence-corrected chi connectivity index (χ1v) is 4.39. The number of carbonyl (C=O) groups excluding carboxylic acids is 2. The zero-order valence-corrected chi connectivity index (χ0v) is 8.41. The SMILES string of the molecule is CCOC(=O)C(=O)c1cc(C)cnc1F. The maximum absolute atomic E-state index is 13.1. The van der Waals surface area contributed by atoms with Crippen LogP contribution in [0.2, 0.25) is 0 Å². The zero-order chi connectivity index (χ0) is 11.4. The summed E-state index contributed by atoms with van der Waals surface area (Å²) in [5, 5.41) is 0. The molecular formula is C10H10FNO3. The Morgan fingerprint density at radius 3 is 2.80 bits per heavy atom. The first kappa shape index (κ1) is 11.3. The van der Waals surface area contributed by atoms with Crippen LogP contribution in [0.1, 0.15) is 22.8 Å². The Kier molecular flexibility index (Phi) is 3.49. The van der Waals surface area contributed by atoms with Gasteiger partial charge in [0.15, 0.2) is 0 Å². The van der Waals surface area contributed by atoms with Crippen molar-refractivity contribution in [1.29, 1.82) is 0 Å². The highest BCUT2D eigenvalue weighted by atomic mass is 19.1. The van der Waals surface area contributed by atoms with Crippen LogP contribution in [-0.2, 0) is 9.53 Å². The van der Waals surface area contributed by atoms with Crippen molar-refractivity contribution >= 4 is 11.8 Å². The Morgan fingerprint density at radius 1 is 1.53 bits per heavy atom. The number of hydrogen-bond donors (Lipinski definition) is 0. The summed E-state index contributed by atoms with van der Waals surface area (Å²) in [6.45, 7) is 3.29. The molecule has 0 atom stereocenters. The molecule has 0 N–H and O–H groups in total. The molecule has 80 valence electrons. The van der Waals surface area contributed by atoms with Gasteiger partial charge in [0, 0.05) is 6.20 Å². The normalized spacial score (nSPS) is 9.80. The molecule has 0 unspecified atom stereocenters. The maximum atomic E-state index is 13.1. The molecule has 1 rings (SSSR count). The Labute approximate surface area is 86.1 Å². The fourth-order valence-corrected chi connectivity index (χ4v) is 1.02. The molecule has 0 amide bonds. The summed E-state index contributed by atoms with van der Waals surface area (Å²) in [5.41, 5.74) is 0.248. The molecule has 0 radical (unpaired) electrons. The van der Waals surface area contributed by atoms with Crippen molar-refractivity contribution in [3.63, 3.8) is 0 Å². The molecule has 0 saturated heterocycles. The molecule has 0 saturated carbocycles. The Hall–Kier alpha value is -1.78. The first-order chi connectivity index (χ1) is 7.06. The molecule has 0 aliphatic heterocycles. The number of carbonyl (C=O) groups is 2. The largest absolute Gasteiger partial charge is 0.460 e. The molecule has 0 spiro atoms. The molecule has 4 nitrogen and oxygen atoms in total. The second kappa shape index (κ2) is 4.63. The third kappa shape index (κ3) is 2.59. The second-order valence-corrected chi connectivity index (χ2v) is 2.90. The number of aromatic nitrogens is 1. The van der Waals surface area contributed by atoms with Crippen molar-refractivity contribution in [3.8, 4) is 0 Å². The number of Topliss-reactive ketones (excluding diaryl/α,β-unsaturated/α-hetero) is 1. The highest BCUT2D eigenvalue weighted by Gasteiger charge is 2.21. The van der Waals surface area contributed by atoms with E-state index in [4.69, 9.17) is 0 Å². The summed E-state index contributed by atoms with van der Waals surface area (Å²) in [5.74, 6) is -3.03. The van der Waals surface area contributed by atoms with E-state index in [1.165, 1.54) is 12.3 Å². The highest BCUT2D eigenvalue weighted by molar-refractivity contribution is 6.40. The molecule has 5 heteroatoms. The smallest absolute Gasteiger partial charge is 0.379 e. The molecular weight excluding hydrogens is 201 g/mol. The van der Waals surface area contributed by atoms with Crippen LogP contribution in [0.4, 0.5) is 4.39 Å². The summed E-state index contributed by atoms with van der Waals surface area (Å²) in [4.78, 5) is 25.7. The summed E-state index contributed by atoms with van der Waals surface area (Å²) >= 11 is 0. The van der Waals surface area contributed by atoms with E-state index in [0.29, 0.717) is 5.56 Å². The zero-order valence-electron chi connectivity index (χ0n) is 8.41. The predicted molar refractivity (Wildman–Crippen MR) is 49.9 cm³/mol. The highest BCUT2D eigenvalue weighted by Crippen LogP contribution is 2.08. The summed E-state index contributed by atoms with van der Waals surface area (Å²) in [7, 11) is 0. The number of pyridine rings is 1. The minimum absolute atomic E-state index is 0.0748. The van der Waals surface area contributed by atoms with Crippen LogP contribution in [0.15, 0.2) is 12.3 Å². The topological polar surface area (TPSA) is 56.3 Å². The monoisotopic (exact) mass is 211 g/mol. The number of esters is 1. The molecule has 0 bridgehead atoms. The third-order valence-electron chi connectivity index (χ3n) is 1.68. The van der Waals surface area contributed by atoms with Gasteiger partial charge < -0.3 is 4.74 Å². The second-order valence-electron chi connectivity index (χ2n) is 2.90. The first-order valence-electron chi connectivity index (χ1n) is 4.39. The van der Waals surface area contributed by atoms with Gasteiger partial charge in [-0.1, -0.05) is 0 Å². The van der Waals surface area contributed by atoms with Crippen LogP contribution < -0.4 is 0 Å². The number of halogens is 1. The number of rotatable bonds is 3. The molecule has 0 aliphatic carbocycles. The third-order valence-corrected chi connectivity index (χ3v) is 1.68. The van der Waals surface area contributed by atoms with Crippen molar-refractivity contribution in [2.75, 3.05) is 6.61 Å². The lowest BCUT2D eigenvalue weighted by molar-refractivity contribution is -0.137. The predicted octanol–water partition coefficient (Wildman–Crippen LogP) is 1.27. The van der Waals surface area contributed by atoms with Gasteiger partial charge in [0.2, 0.25) is 5.95 Å². The number of nitrogens with zero attached hydrogens (tertiary/aromatic N) is 1. The average Bonchev–Trinajstić information content (AvgIpc) is 2.21. The number of ether oxygens (including phenoxy) is 1. The maximum Gasteiger partial charge on any atom is 0.379 e. The van der Waals surface area contributed by atoms with Crippen LogP contribution in [0.3, 0.4) is 0 Å². The summed E-state index contributed by atoms with van der Waals surface area (Å²) in [6, 6.07) is 1.27. The molecule has 0 aliphatic rings. The van der Waals surface area contributed by atoms with Crippen molar-refractivity contribution in [2.24, 2.45) is 0 Å². The standard InChI is InChI=1S/C10H10FNO3/c1-3-15-10(14)8(13)7-4-6(2)5-12-9(7)11/h4-5H,3H2,1-2H3. The van der Waals surface area contributed by atoms with Crippen LogP contribution >= 0.6 is 0 Å². The lowest BCUT2D eigenvalue weighted by atomic mass is 10.1. The van der Waals surface area contributed by atoms with Gasteiger partial charge in [0.05, 0.1) is 12.2 Å². The van der Waals surface area contributed by atoms with Gasteiger partial charge in [-0.15, -0.1) is 0 Å². The summed E-state index contributed by atoms with van der Waals surface area (Å²) < 4.78 is 17.6. The molecule has 0 fully saturated rings. The molecule has 1 aromatic heterocycles. The van der Waals surface area contributed by atoms with Gasteiger partial charge in [-0.25, -0.2) is 9.78 Å². The quantitative estimate of drug-likeness (QED) is 0.327. The lowest BCUT2D eigenvalue weighted by Gasteiger charge is -2.02. The van der Waals surface area contributed by atoms with Gasteiger partial charge in [0.25, 0.3) is 5.78 Å². The van der Waals surface area contributed by atoms with E-state index in [-0.39, 0.29) is 12.2 Å². The van der Waals surface area contributed by atoms with Crippen LogP contribution in [0.5, 0.6) is 0 Å². The molecule has 15 heavy (non-hydrogen) atoms. The fraction of sp³-hybridized carbons (Fsp3) is 0.300. The number of hydrogen-bond acceptors (Lipinski definition) is 4. The lowest BCUT2D eigenvalue weighted by Crippen LogP contribution is -2.19. The van der Waals surface area contributed by atoms with Crippen molar-refractivity contribution < 1.29 is 18.7 Å². The van der Waals surface area contributed by atoms with Crippen LogP contribution in [0, 0.1) is 12.9 Å². The van der Waals surface area contributed by atoms with Crippen LogP contribution in [0.25, 0.3) is 0 Å². The van der Waals surface area contributed by atoms with E-state index in [9.17, 15) is 14.0 Å². The van der Waals surface area contributed by atoms with Crippen LogP contribution in [-0.4, -0.2) is 23.3 Å². The van der Waals surface area contributed by atoms with E-state index < -0.39 is 17.7 Å². The van der Waals surface area contributed by atoms with Gasteiger partial charge >= 0.3 is 5.97 Å². The molecule has 0 aromatic carbocycles. The van der Waals surface area contributed by atoms with Gasteiger partial charge in [-0.2, -0.15) is 4.39 Å². The van der Waals surface area contributed by atoms with E-state index in [2.05, 4.69) is 9.72 Å². The van der Waals surface area contributed by atoms with Crippen molar-refractivity contribution in [2.45, 2.75) is 13.8 Å². The van der Waals surface area contributed by atoms with Crippen molar-refractivity contribution in [1.82, 2.24) is 4.98 Å². The van der Waals surface area contributed by atoms with E-state index in [1.54, 1.807) is 13.8 Å². The summed E-state index contributed by atoms with van der Waals surface area (Å²) in [6.07, 6.45) is 1.28. The number of ketones is 1. The van der Waals surface area contributed by atoms with E-state index >= 15 is 0 Å². The molecule has 1 heterocycles. The Bertz CT molecular complexity index is 404. The van der Waals surface area contributed by atoms with Gasteiger partial charge in [0.1, 0.15) is 0 Å². The average molecular weight is 211 g/mol. The van der Waals surface area contributed by atoms with Crippen molar-refractivity contribution in [3.05, 3.63) is 29.3 Å². The minimum atomic E-state index is -1.07.